The van der Waals surface area contributed by atoms with E-state index in [1.807, 2.05) is 11.8 Å². The van der Waals surface area contributed by atoms with E-state index in [0.29, 0.717) is 0 Å². The van der Waals surface area contributed by atoms with Crippen LogP contribution in [0.25, 0.3) is 0 Å². The molecule has 84 valence electrons. The van der Waals surface area contributed by atoms with Crippen molar-refractivity contribution in [3.63, 3.8) is 0 Å². The first-order chi connectivity index (χ1) is 7.33. The zero-order chi connectivity index (χ0) is 10.9. The molecule has 1 N–H and O–H groups in total. The van der Waals surface area contributed by atoms with Crippen LogP contribution in [0, 0.1) is 5.92 Å². The number of hydrogen-bond acceptors (Lipinski definition) is 2. The molecule has 15 heavy (non-hydrogen) atoms. The smallest absolute Gasteiger partial charge is 0.00719 e. The van der Waals surface area contributed by atoms with Gasteiger partial charge in [0, 0.05) is 4.90 Å². The second-order valence-electron chi connectivity index (χ2n) is 3.86. The van der Waals surface area contributed by atoms with Crippen LogP contribution in [0.1, 0.15) is 20.3 Å². The zero-order valence-electron chi connectivity index (χ0n) is 9.70. The number of rotatable bonds is 7. The van der Waals surface area contributed by atoms with Gasteiger partial charge in [-0.15, -0.1) is 11.8 Å². The Hall–Kier alpha value is -0.470. The van der Waals surface area contributed by atoms with Crippen LogP contribution in [0.2, 0.25) is 0 Å². The molecular formula is C13H21NS. The minimum Gasteiger partial charge on any atom is -0.317 e. The molecule has 0 spiro atoms. The molecule has 0 saturated heterocycles. The highest BCUT2D eigenvalue weighted by atomic mass is 32.2. The predicted octanol–water partition coefficient (Wildman–Crippen LogP) is 3.41. The fraction of sp³-hybridized carbons (Fsp3) is 0.538. The summed E-state index contributed by atoms with van der Waals surface area (Å²) in [6, 6.07) is 10.6. The summed E-state index contributed by atoms with van der Waals surface area (Å²) < 4.78 is 0. The van der Waals surface area contributed by atoms with Crippen molar-refractivity contribution >= 4 is 11.8 Å². The maximum atomic E-state index is 3.39. The summed E-state index contributed by atoms with van der Waals surface area (Å²) in [6.45, 7) is 6.70. The molecule has 0 bridgehead atoms. The number of thioether (sulfide) groups is 1. The van der Waals surface area contributed by atoms with Gasteiger partial charge in [0.25, 0.3) is 0 Å². The van der Waals surface area contributed by atoms with Crippen LogP contribution in [0.15, 0.2) is 35.2 Å². The summed E-state index contributed by atoms with van der Waals surface area (Å²) in [7, 11) is 0. The maximum absolute atomic E-state index is 3.39. The average Bonchev–Trinajstić information content (AvgIpc) is 2.28. The van der Waals surface area contributed by atoms with Gasteiger partial charge in [0.1, 0.15) is 0 Å². The molecule has 1 aromatic rings. The van der Waals surface area contributed by atoms with E-state index in [0.717, 1.165) is 19.0 Å². The van der Waals surface area contributed by atoms with E-state index in [1.165, 1.54) is 17.1 Å². The molecule has 0 fully saturated rings. The summed E-state index contributed by atoms with van der Waals surface area (Å²) in [6.07, 6.45) is 1.28. The van der Waals surface area contributed by atoms with E-state index in [1.54, 1.807) is 0 Å². The van der Waals surface area contributed by atoms with Gasteiger partial charge in [-0.1, -0.05) is 32.0 Å². The Bertz CT molecular complexity index is 248. The Morgan fingerprint density at radius 3 is 2.67 bits per heavy atom. The van der Waals surface area contributed by atoms with Crippen molar-refractivity contribution in [3.05, 3.63) is 30.3 Å². The Morgan fingerprint density at radius 2 is 2.00 bits per heavy atom. The van der Waals surface area contributed by atoms with Crippen LogP contribution in [0.3, 0.4) is 0 Å². The quantitative estimate of drug-likeness (QED) is 0.711. The van der Waals surface area contributed by atoms with Crippen LogP contribution in [0.4, 0.5) is 0 Å². The van der Waals surface area contributed by atoms with Gasteiger partial charge in [-0.2, -0.15) is 0 Å². The van der Waals surface area contributed by atoms with E-state index >= 15 is 0 Å². The Labute approximate surface area is 97.7 Å². The van der Waals surface area contributed by atoms with Crippen molar-refractivity contribution in [1.82, 2.24) is 5.32 Å². The molecule has 0 radical (unpaired) electrons. The lowest BCUT2D eigenvalue weighted by molar-refractivity contribution is 0.513. The second-order valence-corrected chi connectivity index (χ2v) is 5.03. The van der Waals surface area contributed by atoms with Crippen LogP contribution in [-0.2, 0) is 0 Å². The molecule has 2 heteroatoms. The molecule has 1 atom stereocenters. The van der Waals surface area contributed by atoms with E-state index < -0.39 is 0 Å². The van der Waals surface area contributed by atoms with Crippen molar-refractivity contribution in [1.29, 1.82) is 0 Å². The SMILES string of the molecule is CCNCC(C)CCSc1ccccc1. The minimum absolute atomic E-state index is 0.779. The molecule has 0 heterocycles. The lowest BCUT2D eigenvalue weighted by atomic mass is 10.1. The molecule has 0 aliphatic rings. The van der Waals surface area contributed by atoms with E-state index in [2.05, 4.69) is 49.5 Å². The largest absolute Gasteiger partial charge is 0.317 e. The molecule has 1 aromatic carbocycles. The number of hydrogen-bond donors (Lipinski definition) is 1. The first kappa shape index (κ1) is 12.6. The summed E-state index contributed by atoms with van der Waals surface area (Å²) in [5, 5.41) is 3.39. The van der Waals surface area contributed by atoms with Gasteiger partial charge >= 0.3 is 0 Å². The van der Waals surface area contributed by atoms with Gasteiger partial charge in [0.05, 0.1) is 0 Å². The fourth-order valence-corrected chi connectivity index (χ4v) is 2.49. The molecule has 0 aromatic heterocycles. The number of benzene rings is 1. The van der Waals surface area contributed by atoms with Crippen LogP contribution >= 0.6 is 11.8 Å². The van der Waals surface area contributed by atoms with E-state index in [9.17, 15) is 0 Å². The Balaban J connectivity index is 2.11. The standard InChI is InChI=1S/C13H21NS/c1-3-14-11-12(2)9-10-15-13-7-5-4-6-8-13/h4-8,12,14H,3,9-11H2,1-2H3. The van der Waals surface area contributed by atoms with Crippen LogP contribution in [-0.4, -0.2) is 18.8 Å². The van der Waals surface area contributed by atoms with Gasteiger partial charge in [0.2, 0.25) is 0 Å². The molecule has 1 unspecified atom stereocenters. The lowest BCUT2D eigenvalue weighted by Crippen LogP contribution is -2.20. The van der Waals surface area contributed by atoms with Gasteiger partial charge in [0.15, 0.2) is 0 Å². The van der Waals surface area contributed by atoms with Gasteiger partial charge in [-0.05, 0) is 43.3 Å². The van der Waals surface area contributed by atoms with Gasteiger partial charge in [-0.25, -0.2) is 0 Å². The first-order valence-electron chi connectivity index (χ1n) is 5.71. The second kappa shape index (κ2) is 7.77. The average molecular weight is 223 g/mol. The van der Waals surface area contributed by atoms with Crippen molar-refractivity contribution < 1.29 is 0 Å². The van der Waals surface area contributed by atoms with E-state index in [-0.39, 0.29) is 0 Å². The number of nitrogens with one attached hydrogen (secondary N) is 1. The van der Waals surface area contributed by atoms with Gasteiger partial charge in [-0.3, -0.25) is 0 Å². The lowest BCUT2D eigenvalue weighted by Gasteiger charge is -2.10. The van der Waals surface area contributed by atoms with Crippen LogP contribution in [0.5, 0.6) is 0 Å². The topological polar surface area (TPSA) is 12.0 Å². The predicted molar refractivity (Wildman–Crippen MR) is 69.5 cm³/mol. The summed E-state index contributed by atoms with van der Waals surface area (Å²) in [5.41, 5.74) is 0. The highest BCUT2D eigenvalue weighted by Gasteiger charge is 2.01. The summed E-state index contributed by atoms with van der Waals surface area (Å²) >= 11 is 1.95. The summed E-state index contributed by atoms with van der Waals surface area (Å²) in [5.74, 6) is 2.00. The highest BCUT2D eigenvalue weighted by molar-refractivity contribution is 7.99. The Kier molecular flexibility index (Phi) is 6.53. The summed E-state index contributed by atoms with van der Waals surface area (Å²) in [4.78, 5) is 1.38. The Morgan fingerprint density at radius 1 is 1.27 bits per heavy atom. The van der Waals surface area contributed by atoms with E-state index in [4.69, 9.17) is 0 Å². The molecule has 0 aliphatic carbocycles. The van der Waals surface area contributed by atoms with Gasteiger partial charge < -0.3 is 5.32 Å². The molecule has 1 nitrogen and oxygen atoms in total. The van der Waals surface area contributed by atoms with Crippen LogP contribution < -0.4 is 5.32 Å². The highest BCUT2D eigenvalue weighted by Crippen LogP contribution is 2.19. The van der Waals surface area contributed by atoms with Crippen molar-refractivity contribution in [2.45, 2.75) is 25.2 Å². The molecule has 0 aliphatic heterocycles. The normalized spacial score (nSPS) is 12.7. The molecular weight excluding hydrogens is 202 g/mol. The van der Waals surface area contributed by atoms with Crippen molar-refractivity contribution in [3.8, 4) is 0 Å². The van der Waals surface area contributed by atoms with Crippen molar-refractivity contribution in [2.75, 3.05) is 18.8 Å². The molecule has 0 amide bonds. The third-order valence-electron chi connectivity index (χ3n) is 2.37. The fourth-order valence-electron chi connectivity index (χ4n) is 1.39. The zero-order valence-corrected chi connectivity index (χ0v) is 10.5. The van der Waals surface area contributed by atoms with Crippen molar-refractivity contribution in [2.24, 2.45) is 5.92 Å². The molecule has 1 rings (SSSR count). The monoisotopic (exact) mass is 223 g/mol. The first-order valence-corrected chi connectivity index (χ1v) is 6.70. The minimum atomic E-state index is 0.779. The third kappa shape index (κ3) is 5.85. The molecule has 0 saturated carbocycles. The maximum Gasteiger partial charge on any atom is 0.00719 e. The third-order valence-corrected chi connectivity index (χ3v) is 3.41.